The number of hydrogen-bond donors (Lipinski definition) is 0. The summed E-state index contributed by atoms with van der Waals surface area (Å²) in [5.41, 5.74) is 11.3. The van der Waals surface area contributed by atoms with Gasteiger partial charge in [0.05, 0.1) is 0 Å². The Morgan fingerprint density at radius 1 is 0.339 bits per heavy atom. The van der Waals surface area contributed by atoms with Crippen LogP contribution in [0.3, 0.4) is 0 Å². The van der Waals surface area contributed by atoms with Gasteiger partial charge in [0.25, 0.3) is 0 Å². The van der Waals surface area contributed by atoms with Crippen LogP contribution in [0.25, 0.3) is 110 Å². The normalized spacial score (nSPS) is 11.6. The molecule has 11 rings (SSSR count). The Labute approximate surface area is 327 Å². The van der Waals surface area contributed by atoms with Gasteiger partial charge in [0.1, 0.15) is 11.2 Å². The van der Waals surface area contributed by atoms with E-state index in [1.54, 1.807) is 0 Å². The predicted octanol–water partition coefficient (Wildman–Crippen LogP) is 14.1. The molecule has 0 spiro atoms. The van der Waals surface area contributed by atoms with Crippen LogP contribution in [-0.2, 0) is 0 Å². The third-order valence-corrected chi connectivity index (χ3v) is 11.8. The van der Waals surface area contributed by atoms with Crippen molar-refractivity contribution >= 4 is 53.4 Å². The highest BCUT2D eigenvalue weighted by Crippen LogP contribution is 2.48. The fraction of sp³-hybridized carbons (Fsp3) is 0. The largest absolute Gasteiger partial charge is 0.456 e. The summed E-state index contributed by atoms with van der Waals surface area (Å²) < 4.78 is 9.18. The average Bonchev–Trinajstić information content (AvgIpc) is 3.86. The second-order valence-electron chi connectivity index (χ2n) is 13.9. The average molecular weight is 734 g/mol. The summed E-state index contributed by atoms with van der Waals surface area (Å²) in [6.45, 7) is 0. The van der Waals surface area contributed by atoms with E-state index in [0.29, 0.717) is 17.5 Å². The monoisotopic (exact) mass is 733 g/mol. The zero-order valence-electron chi connectivity index (χ0n) is 30.1. The van der Waals surface area contributed by atoms with Crippen molar-refractivity contribution in [3.8, 4) is 67.5 Å². The summed E-state index contributed by atoms with van der Waals surface area (Å²) in [4.78, 5) is 15.4. The lowest BCUT2D eigenvalue weighted by atomic mass is 9.91. The molecule has 0 atom stereocenters. The smallest absolute Gasteiger partial charge is 0.164 e. The Morgan fingerprint density at radius 2 is 0.857 bits per heavy atom. The van der Waals surface area contributed by atoms with Crippen molar-refractivity contribution in [3.05, 3.63) is 188 Å². The number of hydrogen-bond acceptors (Lipinski definition) is 5. The topological polar surface area (TPSA) is 51.8 Å². The molecule has 3 aromatic heterocycles. The molecule has 0 aliphatic heterocycles. The highest BCUT2D eigenvalue weighted by Gasteiger charge is 2.22. The van der Waals surface area contributed by atoms with E-state index in [0.717, 1.165) is 60.9 Å². The van der Waals surface area contributed by atoms with Gasteiger partial charge in [0, 0.05) is 47.6 Å². The van der Waals surface area contributed by atoms with Crippen LogP contribution in [0, 0.1) is 0 Å². The summed E-state index contributed by atoms with van der Waals surface area (Å²) in [6, 6.07) is 65.6. The second-order valence-corrected chi connectivity index (χ2v) is 15.0. The van der Waals surface area contributed by atoms with Gasteiger partial charge in [-0.1, -0.05) is 164 Å². The first-order valence-corrected chi connectivity index (χ1v) is 19.5. The number of fused-ring (bicyclic) bond motifs is 6. The van der Waals surface area contributed by atoms with E-state index < -0.39 is 0 Å². The fourth-order valence-electron chi connectivity index (χ4n) is 7.89. The van der Waals surface area contributed by atoms with Crippen LogP contribution >= 0.6 is 11.3 Å². The molecule has 0 unspecified atom stereocenters. The van der Waals surface area contributed by atoms with Crippen LogP contribution < -0.4 is 0 Å². The minimum absolute atomic E-state index is 0.580. The molecule has 0 bridgehead atoms. The van der Waals surface area contributed by atoms with Crippen molar-refractivity contribution < 1.29 is 4.42 Å². The number of nitrogens with zero attached hydrogens (tertiary/aromatic N) is 3. The standard InChI is InChI=1S/C51H31N3OS/c1-4-14-32(15-5-1)33-24-26-36(27-25-33)50-52-49(35-18-8-3-9-19-35)53-51(54-50)37-30-42(46-40-20-10-12-22-43(40)55-44(46)31-37)39-29-28-38(34-16-6-2-7-17-34)48-47(39)41-21-11-13-23-45(41)56-48/h1-31H. The van der Waals surface area contributed by atoms with Crippen LogP contribution in [0.5, 0.6) is 0 Å². The summed E-state index contributed by atoms with van der Waals surface area (Å²) >= 11 is 1.85. The molecule has 3 heterocycles. The maximum absolute atomic E-state index is 6.67. The van der Waals surface area contributed by atoms with E-state index >= 15 is 0 Å². The Bertz CT molecular complexity index is 3230. The molecular formula is C51H31N3OS. The van der Waals surface area contributed by atoms with Crippen LogP contribution in [0.2, 0.25) is 0 Å². The van der Waals surface area contributed by atoms with Gasteiger partial charge < -0.3 is 4.42 Å². The second kappa shape index (κ2) is 13.3. The third kappa shape index (κ3) is 5.48. The van der Waals surface area contributed by atoms with Gasteiger partial charge in [-0.3, -0.25) is 0 Å². The molecule has 56 heavy (non-hydrogen) atoms. The van der Waals surface area contributed by atoms with Crippen molar-refractivity contribution in [3.63, 3.8) is 0 Å². The molecule has 11 aromatic rings. The Morgan fingerprint density at radius 3 is 1.57 bits per heavy atom. The minimum Gasteiger partial charge on any atom is -0.456 e. The molecule has 0 aliphatic rings. The van der Waals surface area contributed by atoms with Gasteiger partial charge >= 0.3 is 0 Å². The maximum Gasteiger partial charge on any atom is 0.164 e. The highest BCUT2D eigenvalue weighted by atomic mass is 32.1. The third-order valence-electron chi connectivity index (χ3n) is 10.6. The predicted molar refractivity (Wildman–Crippen MR) is 233 cm³/mol. The zero-order chi connectivity index (χ0) is 37.0. The molecule has 0 radical (unpaired) electrons. The number of para-hydroxylation sites is 1. The number of aromatic nitrogens is 3. The molecule has 0 N–H and O–H groups in total. The molecule has 4 nitrogen and oxygen atoms in total. The summed E-state index contributed by atoms with van der Waals surface area (Å²) in [7, 11) is 0. The van der Waals surface area contributed by atoms with Crippen molar-refractivity contribution in [2.75, 3.05) is 0 Å². The molecule has 0 amide bonds. The molecule has 8 aromatic carbocycles. The molecule has 0 fully saturated rings. The number of rotatable bonds is 6. The maximum atomic E-state index is 6.67. The molecule has 262 valence electrons. The van der Waals surface area contributed by atoms with Gasteiger partial charge in [-0.05, 0) is 57.6 Å². The summed E-state index contributed by atoms with van der Waals surface area (Å²) in [6.07, 6.45) is 0. The van der Waals surface area contributed by atoms with E-state index in [1.807, 2.05) is 59.9 Å². The van der Waals surface area contributed by atoms with E-state index in [2.05, 4.69) is 140 Å². The first kappa shape index (κ1) is 32.2. The van der Waals surface area contributed by atoms with E-state index in [9.17, 15) is 0 Å². The van der Waals surface area contributed by atoms with Gasteiger partial charge in [0.15, 0.2) is 17.5 Å². The van der Waals surface area contributed by atoms with Crippen molar-refractivity contribution in [1.82, 2.24) is 15.0 Å². The minimum atomic E-state index is 0.580. The highest BCUT2D eigenvalue weighted by molar-refractivity contribution is 7.26. The number of furan rings is 1. The first-order valence-electron chi connectivity index (χ1n) is 18.7. The SMILES string of the molecule is c1ccc(-c2ccc(-c3nc(-c4ccccc4)nc(-c4cc(-c5ccc(-c6ccccc6)c6sc7ccccc7c56)c5c(c4)oc4ccccc45)n3)cc2)cc1. The summed E-state index contributed by atoms with van der Waals surface area (Å²) in [5.74, 6) is 1.80. The van der Waals surface area contributed by atoms with E-state index in [4.69, 9.17) is 19.4 Å². The molecule has 5 heteroatoms. The number of benzene rings is 8. The van der Waals surface area contributed by atoms with Crippen molar-refractivity contribution in [1.29, 1.82) is 0 Å². The Kier molecular flexibility index (Phi) is 7.64. The van der Waals surface area contributed by atoms with Gasteiger partial charge in [-0.15, -0.1) is 11.3 Å². The number of thiophene rings is 1. The van der Waals surface area contributed by atoms with E-state index in [1.165, 1.54) is 31.3 Å². The Hall–Kier alpha value is -7.21. The van der Waals surface area contributed by atoms with E-state index in [-0.39, 0.29) is 0 Å². The van der Waals surface area contributed by atoms with Gasteiger partial charge in [0.2, 0.25) is 0 Å². The molecule has 0 saturated heterocycles. The molecular weight excluding hydrogens is 703 g/mol. The lowest BCUT2D eigenvalue weighted by Crippen LogP contribution is -2.00. The lowest BCUT2D eigenvalue weighted by Gasteiger charge is -2.13. The van der Waals surface area contributed by atoms with Crippen LogP contribution in [0.15, 0.2) is 192 Å². The Balaban J connectivity index is 1.17. The molecule has 0 aliphatic carbocycles. The fourth-order valence-corrected chi connectivity index (χ4v) is 9.15. The lowest BCUT2D eigenvalue weighted by molar-refractivity contribution is 0.669. The quantitative estimate of drug-likeness (QED) is 0.171. The zero-order valence-corrected chi connectivity index (χ0v) is 30.9. The van der Waals surface area contributed by atoms with Crippen molar-refractivity contribution in [2.45, 2.75) is 0 Å². The first-order chi connectivity index (χ1) is 27.7. The van der Waals surface area contributed by atoms with Crippen LogP contribution in [-0.4, -0.2) is 15.0 Å². The van der Waals surface area contributed by atoms with Crippen LogP contribution in [0.4, 0.5) is 0 Å². The van der Waals surface area contributed by atoms with Gasteiger partial charge in [-0.25, -0.2) is 15.0 Å². The van der Waals surface area contributed by atoms with Gasteiger partial charge in [-0.2, -0.15) is 0 Å². The molecule has 0 saturated carbocycles. The van der Waals surface area contributed by atoms with Crippen LogP contribution in [0.1, 0.15) is 0 Å². The van der Waals surface area contributed by atoms with Crippen molar-refractivity contribution in [2.24, 2.45) is 0 Å². The summed E-state index contributed by atoms with van der Waals surface area (Å²) in [5, 5.41) is 4.61.